The lowest BCUT2D eigenvalue weighted by molar-refractivity contribution is -0.137. The molecule has 0 amide bonds. The third-order valence-corrected chi connectivity index (χ3v) is 5.68. The van der Waals surface area contributed by atoms with Crippen molar-refractivity contribution in [3.63, 3.8) is 0 Å². The Kier molecular flexibility index (Phi) is 8.48. The maximum absolute atomic E-state index is 12.4. The second-order valence-corrected chi connectivity index (χ2v) is 8.87. The largest absolute Gasteiger partial charge is 0.508 e. The number of ether oxygens (including phenoxy) is 1. The molecule has 0 aromatic heterocycles. The SMILES string of the molecule is Cc1c(O)ccc(OC(=O)C(C)C)c1[C@H](CCN(C(C)C)C(C)C)c1ccccc1. The van der Waals surface area contributed by atoms with Gasteiger partial charge in [-0.25, -0.2) is 0 Å². The zero-order valence-corrected chi connectivity index (χ0v) is 19.5. The average molecular weight is 412 g/mol. The highest BCUT2D eigenvalue weighted by atomic mass is 16.5. The van der Waals surface area contributed by atoms with Gasteiger partial charge in [-0.1, -0.05) is 44.2 Å². The standard InChI is InChI=1S/C26H37NO3/c1-17(2)26(29)30-24-14-13-23(28)20(7)25(24)22(21-11-9-8-10-12-21)15-16-27(18(3)4)19(5)6/h8-14,17-19,22,28H,15-16H2,1-7H3/t22-/m1/s1. The van der Waals surface area contributed by atoms with E-state index in [1.54, 1.807) is 12.1 Å². The highest BCUT2D eigenvalue weighted by Gasteiger charge is 2.26. The van der Waals surface area contributed by atoms with Crippen molar-refractivity contribution in [2.75, 3.05) is 6.54 Å². The van der Waals surface area contributed by atoms with Crippen LogP contribution in [0.1, 0.15) is 70.6 Å². The maximum atomic E-state index is 12.4. The van der Waals surface area contributed by atoms with Crippen LogP contribution < -0.4 is 4.74 Å². The number of nitrogens with zero attached hydrogens (tertiary/aromatic N) is 1. The summed E-state index contributed by atoms with van der Waals surface area (Å²) >= 11 is 0. The lowest BCUT2D eigenvalue weighted by Gasteiger charge is -2.33. The van der Waals surface area contributed by atoms with Crippen LogP contribution in [0.25, 0.3) is 0 Å². The highest BCUT2D eigenvalue weighted by molar-refractivity contribution is 5.75. The second kappa shape index (κ2) is 10.6. The molecule has 0 bridgehead atoms. The number of aromatic hydroxyl groups is 1. The molecule has 30 heavy (non-hydrogen) atoms. The van der Waals surface area contributed by atoms with E-state index < -0.39 is 0 Å². The number of benzene rings is 2. The first-order chi connectivity index (χ1) is 14.1. The fourth-order valence-electron chi connectivity index (χ4n) is 3.99. The Bertz CT molecular complexity index is 820. The predicted molar refractivity (Wildman–Crippen MR) is 123 cm³/mol. The molecule has 0 aliphatic heterocycles. The molecule has 164 valence electrons. The van der Waals surface area contributed by atoms with Gasteiger partial charge in [0.25, 0.3) is 0 Å². The van der Waals surface area contributed by atoms with E-state index in [-0.39, 0.29) is 23.6 Å². The van der Waals surface area contributed by atoms with Gasteiger partial charge in [-0.2, -0.15) is 0 Å². The summed E-state index contributed by atoms with van der Waals surface area (Å²) in [7, 11) is 0. The summed E-state index contributed by atoms with van der Waals surface area (Å²) in [4.78, 5) is 14.8. The smallest absolute Gasteiger partial charge is 0.313 e. The van der Waals surface area contributed by atoms with E-state index in [2.05, 4.69) is 44.7 Å². The maximum Gasteiger partial charge on any atom is 0.313 e. The molecule has 0 aliphatic carbocycles. The van der Waals surface area contributed by atoms with Gasteiger partial charge in [0.2, 0.25) is 0 Å². The topological polar surface area (TPSA) is 49.8 Å². The molecule has 2 aromatic carbocycles. The quantitative estimate of drug-likeness (QED) is 0.412. The van der Waals surface area contributed by atoms with Gasteiger partial charge in [0, 0.05) is 23.6 Å². The minimum Gasteiger partial charge on any atom is -0.508 e. The van der Waals surface area contributed by atoms with Crippen molar-refractivity contribution in [2.24, 2.45) is 5.92 Å². The van der Waals surface area contributed by atoms with Gasteiger partial charge in [-0.3, -0.25) is 9.69 Å². The molecule has 1 atom stereocenters. The molecule has 4 nitrogen and oxygen atoms in total. The van der Waals surface area contributed by atoms with Crippen LogP contribution in [0.3, 0.4) is 0 Å². The molecule has 0 saturated carbocycles. The normalized spacial score (nSPS) is 12.8. The number of hydrogen-bond donors (Lipinski definition) is 1. The van der Waals surface area contributed by atoms with Crippen LogP contribution in [0.4, 0.5) is 0 Å². The Morgan fingerprint density at radius 1 is 0.967 bits per heavy atom. The van der Waals surface area contributed by atoms with E-state index in [9.17, 15) is 9.90 Å². The summed E-state index contributed by atoms with van der Waals surface area (Å²) in [5, 5.41) is 10.5. The van der Waals surface area contributed by atoms with Gasteiger partial charge in [-0.15, -0.1) is 0 Å². The molecular weight excluding hydrogens is 374 g/mol. The number of hydrogen-bond acceptors (Lipinski definition) is 4. The third-order valence-electron chi connectivity index (χ3n) is 5.68. The molecule has 0 saturated heterocycles. The molecule has 2 rings (SSSR count). The summed E-state index contributed by atoms with van der Waals surface area (Å²) in [6, 6.07) is 14.5. The Hall–Kier alpha value is -2.33. The van der Waals surface area contributed by atoms with Crippen LogP contribution in [-0.2, 0) is 4.79 Å². The fourth-order valence-corrected chi connectivity index (χ4v) is 3.99. The molecular formula is C26H37NO3. The van der Waals surface area contributed by atoms with E-state index in [4.69, 9.17) is 4.74 Å². The third kappa shape index (κ3) is 5.85. The van der Waals surface area contributed by atoms with Crippen LogP contribution in [0.2, 0.25) is 0 Å². The van der Waals surface area contributed by atoms with Gasteiger partial charge < -0.3 is 9.84 Å². The van der Waals surface area contributed by atoms with E-state index >= 15 is 0 Å². The molecule has 0 radical (unpaired) electrons. The lowest BCUT2D eigenvalue weighted by Crippen LogP contribution is -2.38. The number of phenolic OH excluding ortho intramolecular Hbond substituents is 1. The van der Waals surface area contributed by atoms with Crippen molar-refractivity contribution >= 4 is 5.97 Å². The van der Waals surface area contributed by atoms with E-state index in [1.165, 1.54) is 0 Å². The summed E-state index contributed by atoms with van der Waals surface area (Å²) < 4.78 is 5.78. The average Bonchev–Trinajstić information content (AvgIpc) is 2.69. The monoisotopic (exact) mass is 411 g/mol. The van der Waals surface area contributed by atoms with Gasteiger partial charge in [0.1, 0.15) is 11.5 Å². The van der Waals surface area contributed by atoms with Crippen LogP contribution in [0.5, 0.6) is 11.5 Å². The Labute approximate surface area is 181 Å². The summed E-state index contributed by atoms with van der Waals surface area (Å²) in [5.41, 5.74) is 2.81. The minimum absolute atomic E-state index is 0.00765. The van der Waals surface area contributed by atoms with Crippen LogP contribution >= 0.6 is 0 Å². The van der Waals surface area contributed by atoms with E-state index in [0.717, 1.165) is 29.7 Å². The second-order valence-electron chi connectivity index (χ2n) is 8.87. The van der Waals surface area contributed by atoms with Crippen molar-refractivity contribution < 1.29 is 14.6 Å². The Morgan fingerprint density at radius 2 is 1.57 bits per heavy atom. The summed E-state index contributed by atoms with van der Waals surface area (Å²) in [6.45, 7) is 15.3. The van der Waals surface area contributed by atoms with Crippen LogP contribution in [0.15, 0.2) is 42.5 Å². The zero-order chi connectivity index (χ0) is 22.4. The molecule has 0 aliphatic rings. The van der Waals surface area contributed by atoms with Crippen molar-refractivity contribution in [3.05, 3.63) is 59.2 Å². The Balaban J connectivity index is 2.53. The minimum atomic E-state index is -0.265. The van der Waals surface area contributed by atoms with Crippen molar-refractivity contribution in [2.45, 2.75) is 72.9 Å². The highest BCUT2D eigenvalue weighted by Crippen LogP contribution is 2.40. The first-order valence-electron chi connectivity index (χ1n) is 11.0. The van der Waals surface area contributed by atoms with E-state index in [0.29, 0.717) is 17.8 Å². The molecule has 2 aromatic rings. The number of rotatable bonds is 9. The van der Waals surface area contributed by atoms with Crippen LogP contribution in [-0.4, -0.2) is 34.6 Å². The van der Waals surface area contributed by atoms with Crippen molar-refractivity contribution in [1.29, 1.82) is 0 Å². The first-order valence-corrected chi connectivity index (χ1v) is 11.0. The van der Waals surface area contributed by atoms with Gasteiger partial charge in [0.15, 0.2) is 0 Å². The summed E-state index contributed by atoms with van der Waals surface area (Å²) in [5.74, 6) is 0.283. The van der Waals surface area contributed by atoms with Gasteiger partial charge in [0.05, 0.1) is 5.92 Å². The van der Waals surface area contributed by atoms with Crippen molar-refractivity contribution in [1.82, 2.24) is 4.90 Å². The van der Waals surface area contributed by atoms with E-state index in [1.807, 2.05) is 39.0 Å². The Morgan fingerprint density at radius 3 is 2.10 bits per heavy atom. The lowest BCUT2D eigenvalue weighted by atomic mass is 9.84. The number of carbonyl (C=O) groups is 1. The summed E-state index contributed by atoms with van der Waals surface area (Å²) in [6.07, 6.45) is 0.858. The fraction of sp³-hybridized carbons (Fsp3) is 0.500. The molecule has 1 N–H and O–H groups in total. The number of phenols is 1. The van der Waals surface area contributed by atoms with Gasteiger partial charge in [-0.05, 0) is 70.8 Å². The zero-order valence-electron chi connectivity index (χ0n) is 19.5. The number of carbonyl (C=O) groups excluding carboxylic acids is 1. The molecule has 0 heterocycles. The van der Waals surface area contributed by atoms with Gasteiger partial charge >= 0.3 is 5.97 Å². The molecule has 0 spiro atoms. The molecule has 0 unspecified atom stereocenters. The first kappa shape index (κ1) is 23.9. The van der Waals surface area contributed by atoms with Crippen molar-refractivity contribution in [3.8, 4) is 11.5 Å². The molecule has 4 heteroatoms. The molecule has 0 fully saturated rings. The van der Waals surface area contributed by atoms with Crippen LogP contribution in [0, 0.1) is 12.8 Å². The predicted octanol–water partition coefficient (Wildman–Crippen LogP) is 5.90. The number of esters is 1.